The molecule has 0 rings (SSSR count). The summed E-state index contributed by atoms with van der Waals surface area (Å²) in [5.41, 5.74) is 0. The van der Waals surface area contributed by atoms with Crippen LogP contribution in [-0.2, 0) is 52.7 Å². The lowest BCUT2D eigenvalue weighted by Gasteiger charge is -2.41. The van der Waals surface area contributed by atoms with Crippen LogP contribution in [0.15, 0.2) is 12.2 Å². The van der Waals surface area contributed by atoms with Gasteiger partial charge < -0.3 is 55.8 Å². The quantitative estimate of drug-likeness (QED) is 0.0441. The molecular formula is C67H122N10O12. The third kappa shape index (κ3) is 25.3. The largest absolute Gasteiger partial charge is 0.390 e. The van der Waals surface area contributed by atoms with Gasteiger partial charge in [-0.2, -0.15) is 0 Å². The van der Waals surface area contributed by atoms with E-state index < -0.39 is 137 Å². The molecule has 0 radical (unpaired) electrons. The molecule has 512 valence electrons. The van der Waals surface area contributed by atoms with Crippen LogP contribution in [0.4, 0.5) is 0 Å². The first kappa shape index (κ1) is 83.1. The number of hydrogen-bond acceptors (Lipinski definition) is 12. The molecule has 0 heterocycles. The molecule has 0 spiro atoms. The van der Waals surface area contributed by atoms with Crippen LogP contribution in [0.3, 0.4) is 0 Å². The molecule has 0 aromatic heterocycles. The Kier molecular flexibility index (Phi) is 36.1. The topological polar surface area (TPSA) is 276 Å². The van der Waals surface area contributed by atoms with E-state index >= 15 is 9.59 Å². The van der Waals surface area contributed by atoms with E-state index in [0.717, 1.165) is 4.90 Å². The second kappa shape index (κ2) is 38.7. The number of nitrogens with zero attached hydrogens (tertiary/aromatic N) is 6. The maximum absolute atomic E-state index is 15.1. The number of likely N-dealkylation sites (N-methyl/N-ethyl adjacent to an activating group) is 6. The summed E-state index contributed by atoms with van der Waals surface area (Å²) < 4.78 is 0. The summed E-state index contributed by atoms with van der Waals surface area (Å²) in [7, 11) is 8.89. The van der Waals surface area contributed by atoms with Crippen molar-refractivity contribution in [2.24, 2.45) is 53.3 Å². The molecular weight excluding hydrogens is 1140 g/mol. The normalized spacial score (nSPS) is 16.3. The Morgan fingerprint density at radius 3 is 1.19 bits per heavy atom. The van der Waals surface area contributed by atoms with Gasteiger partial charge in [0, 0.05) is 48.2 Å². The van der Waals surface area contributed by atoms with Crippen molar-refractivity contribution in [2.75, 3.05) is 42.3 Å². The van der Waals surface area contributed by atoms with E-state index in [4.69, 9.17) is 0 Å². The summed E-state index contributed by atoms with van der Waals surface area (Å²) >= 11 is 0. The van der Waals surface area contributed by atoms with Crippen LogP contribution in [0.1, 0.15) is 190 Å². The predicted molar refractivity (Wildman–Crippen MR) is 350 cm³/mol. The van der Waals surface area contributed by atoms with E-state index in [0.29, 0.717) is 19.3 Å². The minimum Gasteiger partial charge on any atom is -0.390 e. The fourth-order valence-electron chi connectivity index (χ4n) is 11.1. The highest BCUT2D eigenvalue weighted by Crippen LogP contribution is 2.26. The highest BCUT2D eigenvalue weighted by molar-refractivity contribution is 5.99. The number of nitrogens with one attached hydrogen (secondary N) is 4. The minimum atomic E-state index is -1.58. The van der Waals surface area contributed by atoms with Crippen LogP contribution in [0.25, 0.3) is 0 Å². The molecule has 5 N–H and O–H groups in total. The second-order valence-electron chi connectivity index (χ2n) is 28.0. The Morgan fingerprint density at radius 2 is 0.787 bits per heavy atom. The van der Waals surface area contributed by atoms with Crippen molar-refractivity contribution in [3.63, 3.8) is 0 Å². The van der Waals surface area contributed by atoms with Gasteiger partial charge in [-0.25, -0.2) is 0 Å². The van der Waals surface area contributed by atoms with Crippen LogP contribution in [0, 0.1) is 53.3 Å². The van der Waals surface area contributed by atoms with Crippen LogP contribution in [0.5, 0.6) is 0 Å². The summed E-state index contributed by atoms with van der Waals surface area (Å²) in [5, 5.41) is 23.1. The SMILES string of the molecule is CC=CC[C@@H](C)[C@@H](O)[C@@H](C(=O)N[C@@H](CC)C(=O)N(C)C(CC(C)C)C(=O)N(C)C(CC(C)C)C(=O)N[C@H](C(=O)N(C)[C@@H](CC(C)C)C(=O)N[C@@H](C)C(=O)N[C@H](C)C(C)=O)C(C)C)N(C)C(=O)[C@H](C(C)C)N(C)C(=O)[C@H](CC(C)C)N(C)C(=O)[C@H](C)CC(C)C. The van der Waals surface area contributed by atoms with E-state index in [2.05, 4.69) is 21.3 Å². The molecule has 13 atom stereocenters. The van der Waals surface area contributed by atoms with Crippen LogP contribution in [-0.4, -0.2) is 208 Å². The van der Waals surface area contributed by atoms with Gasteiger partial charge in [0.1, 0.15) is 54.4 Å². The Hall–Kier alpha value is -5.93. The lowest BCUT2D eigenvalue weighted by atomic mass is 9.91. The van der Waals surface area contributed by atoms with Crippen molar-refractivity contribution in [1.82, 2.24) is 50.7 Å². The van der Waals surface area contributed by atoms with E-state index in [1.54, 1.807) is 54.7 Å². The van der Waals surface area contributed by atoms with E-state index in [-0.39, 0.29) is 72.9 Å². The molecule has 89 heavy (non-hydrogen) atoms. The number of amides is 10. The zero-order valence-electron chi connectivity index (χ0n) is 59.8. The number of ketones is 1. The monoisotopic (exact) mass is 1260 g/mol. The number of rotatable bonds is 38. The molecule has 22 nitrogen and oxygen atoms in total. The fraction of sp³-hybridized carbons (Fsp3) is 0.806. The Morgan fingerprint density at radius 1 is 0.404 bits per heavy atom. The zero-order chi connectivity index (χ0) is 69.6. The third-order valence-electron chi connectivity index (χ3n) is 16.8. The molecule has 0 bridgehead atoms. The van der Waals surface area contributed by atoms with Gasteiger partial charge in [-0.3, -0.25) is 52.7 Å². The van der Waals surface area contributed by atoms with Crippen LogP contribution < -0.4 is 21.3 Å². The molecule has 0 saturated heterocycles. The number of carbonyl (C=O) groups excluding carboxylic acids is 11. The van der Waals surface area contributed by atoms with Crippen molar-refractivity contribution in [3.05, 3.63) is 12.2 Å². The standard InChI is InChI=1S/C67H122N10O12/c1-28-30-31-44(17)57(79)56(77(27)67(89)55(43(15)16)76(26)65(87)53(36-41(11)12)74(24)62(84)45(18)32-37(3)4)61(83)70-49(29-2)63(85)75(25)52(35-40(9)10)64(86)72(22)51(34-39(7)8)60(82)71-54(42(13)14)66(88)73(23)50(33-38(5)6)59(81)69-47(20)58(80)68-46(19)48(21)78/h28,30,37-47,49-57,79H,29,31-36H2,1-27H3,(H,68,80)(H,69,81)(H,70,83)(H,71,82)/t44-,45-,46-,47+,49+,50+,51?,52?,53+,54+,55+,56+,57-/m1/s1. The van der Waals surface area contributed by atoms with E-state index in [1.165, 1.54) is 80.5 Å². The molecule has 0 aliphatic rings. The lowest BCUT2D eigenvalue weighted by molar-refractivity contribution is -0.156. The molecule has 0 aromatic rings. The number of hydrogen-bond donors (Lipinski definition) is 5. The fourth-order valence-corrected chi connectivity index (χ4v) is 11.1. The Balaban J connectivity index is 7.37. The van der Waals surface area contributed by atoms with Crippen molar-refractivity contribution < 1.29 is 57.8 Å². The van der Waals surface area contributed by atoms with Crippen molar-refractivity contribution in [1.29, 1.82) is 0 Å². The molecule has 2 unspecified atom stereocenters. The van der Waals surface area contributed by atoms with Gasteiger partial charge in [0.15, 0.2) is 5.78 Å². The predicted octanol–water partition coefficient (Wildman–Crippen LogP) is 6.07. The van der Waals surface area contributed by atoms with Crippen molar-refractivity contribution in [3.8, 4) is 0 Å². The summed E-state index contributed by atoms with van der Waals surface area (Å²) in [6, 6.07) is -11.3. The van der Waals surface area contributed by atoms with Crippen LogP contribution >= 0.6 is 0 Å². The van der Waals surface area contributed by atoms with Gasteiger partial charge in [-0.1, -0.05) is 130 Å². The zero-order valence-corrected chi connectivity index (χ0v) is 59.8. The molecule has 0 aliphatic carbocycles. The molecule has 10 amide bonds. The second-order valence-corrected chi connectivity index (χ2v) is 28.0. The van der Waals surface area contributed by atoms with Gasteiger partial charge in [0.2, 0.25) is 59.1 Å². The molecule has 0 saturated carbocycles. The average Bonchev–Trinajstić information content (AvgIpc) is 1.12. The number of carbonyl (C=O) groups is 11. The molecule has 0 aromatic carbocycles. The van der Waals surface area contributed by atoms with Crippen LogP contribution in [0.2, 0.25) is 0 Å². The Bertz CT molecular complexity index is 2370. The van der Waals surface area contributed by atoms with Gasteiger partial charge in [0.05, 0.1) is 12.1 Å². The lowest BCUT2D eigenvalue weighted by Crippen LogP contribution is -2.63. The molecule has 0 fully saturated rings. The molecule has 22 heteroatoms. The summed E-state index contributed by atoms with van der Waals surface area (Å²) in [6.45, 7) is 37.7. The van der Waals surface area contributed by atoms with Gasteiger partial charge in [-0.15, -0.1) is 0 Å². The number of Topliss-reactive ketones (excluding diaryl/α,β-unsaturated/α-hetero) is 1. The summed E-state index contributed by atoms with van der Waals surface area (Å²) in [4.78, 5) is 164. The van der Waals surface area contributed by atoms with Gasteiger partial charge in [-0.05, 0) is 120 Å². The third-order valence-corrected chi connectivity index (χ3v) is 16.8. The number of aliphatic hydroxyl groups excluding tert-OH is 1. The summed E-state index contributed by atoms with van der Waals surface area (Å²) in [5.74, 6) is -8.15. The first-order valence-electron chi connectivity index (χ1n) is 32.6. The Labute approximate surface area is 535 Å². The summed E-state index contributed by atoms with van der Waals surface area (Å²) in [6.07, 6.45) is 3.97. The highest BCUT2D eigenvalue weighted by atomic mass is 16.3. The number of allylic oxidation sites excluding steroid dienone is 2. The smallest absolute Gasteiger partial charge is 0.246 e. The highest BCUT2D eigenvalue weighted by Gasteiger charge is 2.45. The first-order valence-corrected chi connectivity index (χ1v) is 32.6. The number of aliphatic hydroxyl groups is 1. The average molecular weight is 1260 g/mol. The maximum atomic E-state index is 15.1. The molecule has 0 aliphatic heterocycles. The van der Waals surface area contributed by atoms with Crippen molar-refractivity contribution >= 4 is 64.9 Å². The van der Waals surface area contributed by atoms with Gasteiger partial charge >= 0.3 is 0 Å². The van der Waals surface area contributed by atoms with E-state index in [9.17, 15) is 48.3 Å². The van der Waals surface area contributed by atoms with Gasteiger partial charge in [0.25, 0.3) is 0 Å². The first-order chi connectivity index (χ1) is 40.9. The van der Waals surface area contributed by atoms with Crippen molar-refractivity contribution in [2.45, 2.75) is 257 Å². The maximum Gasteiger partial charge on any atom is 0.246 e. The van der Waals surface area contributed by atoms with E-state index in [1.807, 2.05) is 89.2 Å². The minimum absolute atomic E-state index is 0.00494.